The summed E-state index contributed by atoms with van der Waals surface area (Å²) in [7, 11) is 3.81. The number of benzene rings is 2. The molecule has 0 saturated heterocycles. The number of nitro benzene ring substituents is 1. The molecule has 1 amide bonds. The van der Waals surface area contributed by atoms with Crippen LogP contribution in [0.5, 0.6) is 11.5 Å². The first-order valence-electron chi connectivity index (χ1n) is 8.36. The maximum Gasteiger partial charge on any atom is 0.345 e. The maximum atomic E-state index is 12.3. The molecule has 0 radical (unpaired) electrons. The van der Waals surface area contributed by atoms with E-state index in [0.717, 1.165) is 12.1 Å². The summed E-state index contributed by atoms with van der Waals surface area (Å²) in [4.78, 5) is 46.4. The second-order valence-corrected chi connectivity index (χ2v) is 5.68. The van der Waals surface area contributed by atoms with Crippen LogP contribution in [0.1, 0.15) is 20.7 Å². The Morgan fingerprint density at radius 2 is 1.67 bits per heavy atom. The molecule has 158 valence electrons. The van der Waals surface area contributed by atoms with Crippen LogP contribution in [-0.4, -0.2) is 50.7 Å². The van der Waals surface area contributed by atoms with Gasteiger partial charge < -0.3 is 24.3 Å². The third-order valence-corrected chi connectivity index (χ3v) is 3.82. The lowest BCUT2D eigenvalue weighted by Gasteiger charge is -2.11. The summed E-state index contributed by atoms with van der Waals surface area (Å²) < 4.78 is 19.5. The topological polar surface area (TPSA) is 143 Å². The number of esters is 2. The van der Waals surface area contributed by atoms with Gasteiger partial charge in [0.25, 0.3) is 11.6 Å². The van der Waals surface area contributed by atoms with Gasteiger partial charge >= 0.3 is 11.9 Å². The molecule has 0 spiro atoms. The van der Waals surface area contributed by atoms with Crippen molar-refractivity contribution in [2.24, 2.45) is 0 Å². The van der Waals surface area contributed by atoms with E-state index in [2.05, 4.69) is 10.1 Å². The van der Waals surface area contributed by atoms with E-state index >= 15 is 0 Å². The minimum Gasteiger partial charge on any atom is -0.493 e. The molecule has 1 N–H and O–H groups in total. The molecule has 2 aromatic rings. The van der Waals surface area contributed by atoms with E-state index < -0.39 is 40.6 Å². The zero-order chi connectivity index (χ0) is 22.3. The first kappa shape index (κ1) is 22.1. The highest BCUT2D eigenvalue weighted by Crippen LogP contribution is 2.34. The third-order valence-electron chi connectivity index (χ3n) is 3.82. The number of anilines is 1. The van der Waals surface area contributed by atoms with Gasteiger partial charge in [-0.25, -0.2) is 9.59 Å². The molecule has 0 heterocycles. The van der Waals surface area contributed by atoms with Crippen LogP contribution >= 0.6 is 0 Å². The molecule has 0 aliphatic carbocycles. The Bertz CT molecular complexity index is 988. The van der Waals surface area contributed by atoms with E-state index in [-0.39, 0.29) is 22.7 Å². The number of nitrogens with zero attached hydrogens (tertiary/aromatic N) is 1. The Morgan fingerprint density at radius 1 is 1.00 bits per heavy atom. The smallest absolute Gasteiger partial charge is 0.345 e. The second-order valence-electron chi connectivity index (χ2n) is 5.68. The Labute approximate surface area is 170 Å². The van der Waals surface area contributed by atoms with Crippen LogP contribution < -0.4 is 14.8 Å². The van der Waals surface area contributed by atoms with E-state index in [0.29, 0.717) is 0 Å². The summed E-state index contributed by atoms with van der Waals surface area (Å²) >= 11 is 0. The Balaban J connectivity index is 2.11. The first-order chi connectivity index (χ1) is 14.3. The Kier molecular flexibility index (Phi) is 7.28. The third kappa shape index (κ3) is 5.22. The zero-order valence-corrected chi connectivity index (χ0v) is 16.3. The van der Waals surface area contributed by atoms with Crippen LogP contribution in [0, 0.1) is 10.1 Å². The van der Waals surface area contributed by atoms with Crippen LogP contribution in [0.4, 0.5) is 11.4 Å². The minimum absolute atomic E-state index is 0.0592. The largest absolute Gasteiger partial charge is 0.493 e. The van der Waals surface area contributed by atoms with Crippen molar-refractivity contribution in [1.82, 2.24) is 0 Å². The average molecular weight is 418 g/mol. The van der Waals surface area contributed by atoms with Gasteiger partial charge in [0.1, 0.15) is 5.56 Å². The number of hydrogen-bond acceptors (Lipinski definition) is 9. The standard InChI is InChI=1S/C19H18N2O9/c1-27-15-8-13(14(21(25)26)9-16(15)28-2)19(24)30-10-17(22)20-12-6-4-5-11(7-12)18(23)29-3/h4-9H,10H2,1-3H3,(H,20,22). The van der Waals surface area contributed by atoms with Crippen molar-refractivity contribution >= 4 is 29.2 Å². The Morgan fingerprint density at radius 3 is 2.27 bits per heavy atom. The van der Waals surface area contributed by atoms with Gasteiger partial charge in [-0.15, -0.1) is 0 Å². The molecular weight excluding hydrogens is 400 g/mol. The molecule has 11 heteroatoms. The molecule has 0 saturated carbocycles. The van der Waals surface area contributed by atoms with Crippen molar-refractivity contribution in [3.05, 3.63) is 57.6 Å². The number of hydrogen-bond donors (Lipinski definition) is 1. The van der Waals surface area contributed by atoms with Gasteiger partial charge in [-0.2, -0.15) is 0 Å². The zero-order valence-electron chi connectivity index (χ0n) is 16.3. The van der Waals surface area contributed by atoms with E-state index in [4.69, 9.17) is 14.2 Å². The fraction of sp³-hybridized carbons (Fsp3) is 0.211. The van der Waals surface area contributed by atoms with Gasteiger partial charge in [0, 0.05) is 11.8 Å². The molecule has 0 atom stereocenters. The highest BCUT2D eigenvalue weighted by atomic mass is 16.6. The van der Waals surface area contributed by atoms with Gasteiger partial charge in [0.2, 0.25) is 0 Å². The van der Waals surface area contributed by atoms with Crippen molar-refractivity contribution in [1.29, 1.82) is 0 Å². The molecule has 0 aromatic heterocycles. The van der Waals surface area contributed by atoms with Gasteiger partial charge in [0.05, 0.1) is 37.9 Å². The number of carbonyl (C=O) groups excluding carboxylic acids is 3. The second kappa shape index (κ2) is 9.87. The maximum absolute atomic E-state index is 12.3. The molecule has 11 nitrogen and oxygen atoms in total. The van der Waals surface area contributed by atoms with E-state index in [1.54, 1.807) is 0 Å². The molecule has 0 unspecified atom stereocenters. The average Bonchev–Trinajstić information content (AvgIpc) is 2.75. The van der Waals surface area contributed by atoms with Gasteiger partial charge in [-0.05, 0) is 18.2 Å². The number of ether oxygens (including phenoxy) is 4. The van der Waals surface area contributed by atoms with Gasteiger partial charge in [0.15, 0.2) is 18.1 Å². The van der Waals surface area contributed by atoms with E-state index in [1.165, 1.54) is 45.6 Å². The fourth-order valence-electron chi connectivity index (χ4n) is 2.43. The number of amides is 1. The summed E-state index contributed by atoms with van der Waals surface area (Å²) in [6.45, 7) is -0.715. The molecule has 0 aliphatic heterocycles. The predicted molar refractivity (Wildman–Crippen MR) is 103 cm³/mol. The molecule has 2 aromatic carbocycles. The van der Waals surface area contributed by atoms with Crippen molar-refractivity contribution < 1.29 is 38.3 Å². The van der Waals surface area contributed by atoms with Crippen molar-refractivity contribution in [2.45, 2.75) is 0 Å². The summed E-state index contributed by atoms with van der Waals surface area (Å²) in [6.07, 6.45) is 0. The number of methoxy groups -OCH3 is 3. The quantitative estimate of drug-likeness (QED) is 0.387. The normalized spacial score (nSPS) is 9.97. The number of carbonyl (C=O) groups is 3. The SMILES string of the molecule is COC(=O)c1cccc(NC(=O)COC(=O)c2cc(OC)c(OC)cc2[N+](=O)[O-])c1. The lowest BCUT2D eigenvalue weighted by molar-refractivity contribution is -0.385. The van der Waals surface area contributed by atoms with Crippen LogP contribution in [0.2, 0.25) is 0 Å². The van der Waals surface area contributed by atoms with Crippen molar-refractivity contribution in [3.8, 4) is 11.5 Å². The van der Waals surface area contributed by atoms with Crippen LogP contribution in [0.25, 0.3) is 0 Å². The molecule has 0 fully saturated rings. The van der Waals surface area contributed by atoms with Crippen LogP contribution in [0.3, 0.4) is 0 Å². The molecule has 0 aliphatic rings. The number of nitro groups is 1. The van der Waals surface area contributed by atoms with Crippen molar-refractivity contribution in [3.63, 3.8) is 0 Å². The molecular formula is C19H18N2O9. The van der Waals surface area contributed by atoms with Crippen molar-refractivity contribution in [2.75, 3.05) is 33.3 Å². The monoisotopic (exact) mass is 418 g/mol. The lowest BCUT2D eigenvalue weighted by Crippen LogP contribution is -2.21. The number of rotatable bonds is 8. The summed E-state index contributed by atoms with van der Waals surface area (Å²) in [5.74, 6) is -2.25. The first-order valence-corrected chi connectivity index (χ1v) is 8.36. The Hall–Kier alpha value is -4.15. The van der Waals surface area contributed by atoms with Crippen LogP contribution in [-0.2, 0) is 14.3 Å². The number of nitrogens with one attached hydrogen (secondary N) is 1. The van der Waals surface area contributed by atoms with Gasteiger partial charge in [-0.1, -0.05) is 6.07 Å². The molecule has 0 bridgehead atoms. The summed E-state index contributed by atoms with van der Waals surface area (Å²) in [5, 5.41) is 13.7. The summed E-state index contributed by atoms with van der Waals surface area (Å²) in [6, 6.07) is 8.04. The predicted octanol–water partition coefficient (Wildman–Crippen LogP) is 2.19. The van der Waals surface area contributed by atoms with Gasteiger partial charge in [-0.3, -0.25) is 14.9 Å². The van der Waals surface area contributed by atoms with E-state index in [9.17, 15) is 24.5 Å². The highest BCUT2D eigenvalue weighted by Gasteiger charge is 2.26. The lowest BCUT2D eigenvalue weighted by atomic mass is 10.1. The van der Waals surface area contributed by atoms with Crippen LogP contribution in [0.15, 0.2) is 36.4 Å². The molecule has 2 rings (SSSR count). The minimum atomic E-state index is -1.10. The highest BCUT2D eigenvalue weighted by molar-refractivity contribution is 5.99. The fourth-order valence-corrected chi connectivity index (χ4v) is 2.43. The molecule has 30 heavy (non-hydrogen) atoms. The van der Waals surface area contributed by atoms with E-state index in [1.807, 2.05) is 0 Å². The summed E-state index contributed by atoms with van der Waals surface area (Å²) in [5.41, 5.74) is -0.480.